The van der Waals surface area contributed by atoms with Crippen LogP contribution in [0.1, 0.15) is 16.8 Å². The molecule has 5 nitrogen and oxygen atoms in total. The van der Waals surface area contributed by atoms with Crippen LogP contribution in [0.4, 0.5) is 5.82 Å². The van der Waals surface area contributed by atoms with Gasteiger partial charge in [0.05, 0.1) is 10.0 Å². The summed E-state index contributed by atoms with van der Waals surface area (Å²) < 4.78 is 0.492. The summed E-state index contributed by atoms with van der Waals surface area (Å²) in [5.41, 5.74) is 0.0752. The molecular formula is C11H10BrClN2O3. The van der Waals surface area contributed by atoms with Crippen molar-refractivity contribution in [3.05, 3.63) is 22.3 Å². The van der Waals surface area contributed by atoms with Gasteiger partial charge in [0.25, 0.3) is 0 Å². The van der Waals surface area contributed by atoms with E-state index in [4.69, 9.17) is 16.7 Å². The molecule has 1 fully saturated rings. The largest absolute Gasteiger partial charge is 0.478 e. The summed E-state index contributed by atoms with van der Waals surface area (Å²) in [4.78, 5) is 28.2. The van der Waals surface area contributed by atoms with Gasteiger partial charge in [-0.15, -0.1) is 11.6 Å². The number of hydrogen-bond acceptors (Lipinski definition) is 3. The van der Waals surface area contributed by atoms with Gasteiger partial charge in [-0.3, -0.25) is 9.69 Å². The van der Waals surface area contributed by atoms with Crippen LogP contribution in [0.5, 0.6) is 0 Å². The lowest BCUT2D eigenvalue weighted by molar-refractivity contribution is -0.117. The maximum atomic E-state index is 11.8. The van der Waals surface area contributed by atoms with Crippen LogP contribution in [0, 0.1) is 5.92 Å². The van der Waals surface area contributed by atoms with Gasteiger partial charge in [-0.25, -0.2) is 9.78 Å². The minimum atomic E-state index is -1.05. The SMILES string of the molecule is O=C(O)c1cnc(N2CC(CCl)CC2=O)c(Br)c1. The Morgan fingerprint density at radius 1 is 1.67 bits per heavy atom. The van der Waals surface area contributed by atoms with Gasteiger partial charge in [0, 0.05) is 25.0 Å². The van der Waals surface area contributed by atoms with E-state index in [0.29, 0.717) is 29.1 Å². The molecule has 18 heavy (non-hydrogen) atoms. The number of anilines is 1. The molecule has 1 aromatic heterocycles. The van der Waals surface area contributed by atoms with Gasteiger partial charge in [-0.1, -0.05) is 0 Å². The monoisotopic (exact) mass is 332 g/mol. The Hall–Kier alpha value is -1.14. The molecule has 1 amide bonds. The van der Waals surface area contributed by atoms with Crippen molar-refractivity contribution in [2.45, 2.75) is 6.42 Å². The standard InChI is InChI=1S/C11H10BrClN2O3/c12-8-2-7(11(17)18)4-14-10(8)15-5-6(3-13)1-9(15)16/h2,4,6H,1,3,5H2,(H,17,18). The number of carboxylic acid groups (broad SMARTS) is 1. The highest BCUT2D eigenvalue weighted by molar-refractivity contribution is 9.10. The molecule has 96 valence electrons. The number of carbonyl (C=O) groups is 2. The van der Waals surface area contributed by atoms with E-state index in [1.807, 2.05) is 0 Å². The highest BCUT2D eigenvalue weighted by Crippen LogP contribution is 2.30. The lowest BCUT2D eigenvalue weighted by Gasteiger charge is -2.16. The molecule has 0 aliphatic carbocycles. The number of carboxylic acids is 1. The zero-order valence-electron chi connectivity index (χ0n) is 9.27. The average Bonchev–Trinajstić information content (AvgIpc) is 2.70. The maximum Gasteiger partial charge on any atom is 0.337 e. The predicted molar refractivity (Wildman–Crippen MR) is 70.1 cm³/mol. The van der Waals surface area contributed by atoms with Crippen molar-refractivity contribution in [3.8, 4) is 0 Å². The number of rotatable bonds is 3. The van der Waals surface area contributed by atoms with Gasteiger partial charge in [-0.2, -0.15) is 0 Å². The number of nitrogens with zero attached hydrogens (tertiary/aromatic N) is 2. The lowest BCUT2D eigenvalue weighted by atomic mass is 10.1. The third-order valence-electron chi connectivity index (χ3n) is 2.75. The van der Waals surface area contributed by atoms with Crippen LogP contribution < -0.4 is 4.90 Å². The fourth-order valence-corrected chi connectivity index (χ4v) is 2.61. The van der Waals surface area contributed by atoms with E-state index in [1.165, 1.54) is 17.2 Å². The fraction of sp³-hybridized carbons (Fsp3) is 0.364. The quantitative estimate of drug-likeness (QED) is 0.860. The first-order chi connectivity index (χ1) is 8.52. The Kier molecular flexibility index (Phi) is 3.87. The second-order valence-electron chi connectivity index (χ2n) is 4.06. The Morgan fingerprint density at radius 3 is 2.89 bits per heavy atom. The highest BCUT2D eigenvalue weighted by Gasteiger charge is 2.32. The average molecular weight is 334 g/mol. The summed E-state index contributed by atoms with van der Waals surface area (Å²) in [6.07, 6.45) is 1.64. The van der Waals surface area contributed by atoms with Gasteiger partial charge in [0.15, 0.2) is 0 Å². The minimum absolute atomic E-state index is 0.0445. The van der Waals surface area contributed by atoms with Gasteiger partial charge < -0.3 is 5.11 Å². The van der Waals surface area contributed by atoms with Crippen LogP contribution in [0.15, 0.2) is 16.7 Å². The van der Waals surface area contributed by atoms with Crippen LogP contribution in [-0.4, -0.2) is 34.4 Å². The highest BCUT2D eigenvalue weighted by atomic mass is 79.9. The van der Waals surface area contributed by atoms with E-state index in [2.05, 4.69) is 20.9 Å². The van der Waals surface area contributed by atoms with Crippen molar-refractivity contribution in [1.29, 1.82) is 0 Å². The lowest BCUT2D eigenvalue weighted by Crippen LogP contribution is -2.26. The normalized spacial score (nSPS) is 19.3. The molecule has 0 saturated carbocycles. The molecule has 1 aliphatic heterocycles. The summed E-state index contributed by atoms with van der Waals surface area (Å²) >= 11 is 8.99. The van der Waals surface area contributed by atoms with Crippen molar-refractivity contribution in [1.82, 2.24) is 4.98 Å². The topological polar surface area (TPSA) is 70.5 Å². The molecule has 7 heteroatoms. The zero-order valence-corrected chi connectivity index (χ0v) is 11.6. The van der Waals surface area contributed by atoms with E-state index in [1.54, 1.807) is 0 Å². The number of alkyl halides is 1. The molecule has 0 spiro atoms. The van der Waals surface area contributed by atoms with Gasteiger partial charge in [0.1, 0.15) is 5.82 Å². The molecule has 1 saturated heterocycles. The van der Waals surface area contributed by atoms with Crippen LogP contribution in [0.2, 0.25) is 0 Å². The van der Waals surface area contributed by atoms with Crippen molar-refractivity contribution >= 4 is 45.2 Å². The summed E-state index contributed by atoms with van der Waals surface area (Å²) in [5.74, 6) is -0.115. The van der Waals surface area contributed by atoms with Crippen LogP contribution in [0.3, 0.4) is 0 Å². The summed E-state index contributed by atoms with van der Waals surface area (Å²) in [7, 11) is 0. The fourth-order valence-electron chi connectivity index (χ4n) is 1.84. The molecule has 1 unspecified atom stereocenters. The van der Waals surface area contributed by atoms with Crippen LogP contribution in [0.25, 0.3) is 0 Å². The van der Waals surface area contributed by atoms with Crippen molar-refractivity contribution in [2.24, 2.45) is 5.92 Å². The van der Waals surface area contributed by atoms with Gasteiger partial charge in [-0.05, 0) is 27.9 Å². The summed E-state index contributed by atoms with van der Waals surface area (Å²) in [6.45, 7) is 0.514. The van der Waals surface area contributed by atoms with E-state index in [9.17, 15) is 9.59 Å². The molecule has 0 radical (unpaired) electrons. The predicted octanol–water partition coefficient (Wildman–Crippen LogP) is 2.13. The van der Waals surface area contributed by atoms with Crippen molar-refractivity contribution < 1.29 is 14.7 Å². The smallest absolute Gasteiger partial charge is 0.337 e. The second-order valence-corrected chi connectivity index (χ2v) is 5.23. The number of amides is 1. The number of halogens is 2. The molecule has 1 N–H and O–H groups in total. The molecule has 1 atom stereocenters. The molecule has 0 bridgehead atoms. The number of aromatic nitrogens is 1. The first kappa shape index (κ1) is 13.3. The molecule has 1 aliphatic rings. The molecule has 2 rings (SSSR count). The van der Waals surface area contributed by atoms with Gasteiger partial charge in [0.2, 0.25) is 5.91 Å². The zero-order chi connectivity index (χ0) is 13.3. The first-order valence-electron chi connectivity index (χ1n) is 5.28. The molecule has 2 heterocycles. The first-order valence-corrected chi connectivity index (χ1v) is 6.61. The minimum Gasteiger partial charge on any atom is -0.478 e. The Morgan fingerprint density at radius 2 is 2.39 bits per heavy atom. The third kappa shape index (κ3) is 2.49. The second kappa shape index (κ2) is 5.24. The molecule has 0 aromatic carbocycles. The molecule has 1 aromatic rings. The summed E-state index contributed by atoms with van der Waals surface area (Å²) in [5, 5.41) is 8.84. The number of aromatic carboxylic acids is 1. The number of carbonyl (C=O) groups excluding carboxylic acids is 1. The third-order valence-corrected chi connectivity index (χ3v) is 3.77. The van der Waals surface area contributed by atoms with E-state index < -0.39 is 5.97 Å². The van der Waals surface area contributed by atoms with E-state index >= 15 is 0 Å². The van der Waals surface area contributed by atoms with Crippen molar-refractivity contribution in [2.75, 3.05) is 17.3 Å². The van der Waals surface area contributed by atoms with Crippen LogP contribution in [-0.2, 0) is 4.79 Å². The van der Waals surface area contributed by atoms with E-state index in [-0.39, 0.29) is 17.4 Å². The maximum absolute atomic E-state index is 11.8. The van der Waals surface area contributed by atoms with Crippen LogP contribution >= 0.6 is 27.5 Å². The Bertz CT molecular complexity index is 509. The number of hydrogen-bond donors (Lipinski definition) is 1. The Labute approximate surface area is 117 Å². The number of pyridine rings is 1. The van der Waals surface area contributed by atoms with E-state index in [0.717, 1.165) is 0 Å². The van der Waals surface area contributed by atoms with Crippen molar-refractivity contribution in [3.63, 3.8) is 0 Å². The van der Waals surface area contributed by atoms with Gasteiger partial charge >= 0.3 is 5.97 Å². The summed E-state index contributed by atoms with van der Waals surface area (Å²) in [6, 6.07) is 1.44. The Balaban J connectivity index is 2.29. The molecular weight excluding hydrogens is 323 g/mol.